The molecule has 1 saturated carbocycles. The van der Waals surface area contributed by atoms with Gasteiger partial charge in [-0.05, 0) is 30.7 Å². The maximum atomic E-state index is 12.6. The molecule has 0 saturated heterocycles. The van der Waals surface area contributed by atoms with Crippen molar-refractivity contribution in [2.45, 2.75) is 66.4 Å². The third kappa shape index (κ3) is 2.60. The van der Waals surface area contributed by atoms with Gasteiger partial charge in [0.05, 0.1) is 6.26 Å². The van der Waals surface area contributed by atoms with Gasteiger partial charge in [-0.2, -0.15) is 0 Å². The van der Waals surface area contributed by atoms with E-state index in [0.29, 0.717) is 25.2 Å². The predicted molar refractivity (Wildman–Crippen MR) is 90.4 cm³/mol. The van der Waals surface area contributed by atoms with Crippen LogP contribution >= 0.6 is 0 Å². The Kier molecular flexibility index (Phi) is 4.35. The maximum absolute atomic E-state index is 12.6. The summed E-state index contributed by atoms with van der Waals surface area (Å²) in [7, 11) is 0. The Morgan fingerprint density at radius 1 is 1.46 bits per heavy atom. The van der Waals surface area contributed by atoms with E-state index in [9.17, 15) is 9.59 Å². The monoisotopic (exact) mass is 332 g/mol. The predicted octanol–water partition coefficient (Wildman–Crippen LogP) is 4.40. The van der Waals surface area contributed by atoms with Gasteiger partial charge >= 0.3 is 5.97 Å². The van der Waals surface area contributed by atoms with Crippen molar-refractivity contribution in [1.29, 1.82) is 0 Å². The largest absolute Gasteiger partial charge is 0.469 e. The van der Waals surface area contributed by atoms with Crippen LogP contribution in [-0.2, 0) is 20.7 Å². The van der Waals surface area contributed by atoms with Crippen molar-refractivity contribution in [1.82, 2.24) is 0 Å². The molecule has 4 atom stereocenters. The Balaban J connectivity index is 2.04. The second-order valence-corrected chi connectivity index (χ2v) is 8.25. The smallest absolute Gasteiger partial charge is 0.306 e. The first-order chi connectivity index (χ1) is 11.2. The summed E-state index contributed by atoms with van der Waals surface area (Å²) in [6.07, 6.45) is 3.83. The van der Waals surface area contributed by atoms with Crippen LogP contribution in [0.15, 0.2) is 10.7 Å². The van der Waals surface area contributed by atoms with Gasteiger partial charge < -0.3 is 9.15 Å². The molecule has 2 aliphatic rings. The van der Waals surface area contributed by atoms with Crippen LogP contribution in [0.2, 0.25) is 0 Å². The highest BCUT2D eigenvalue weighted by atomic mass is 16.5. The number of carbonyl (C=O) groups is 2. The summed E-state index contributed by atoms with van der Waals surface area (Å²) in [4.78, 5) is 25.1. The van der Waals surface area contributed by atoms with Crippen LogP contribution in [-0.4, -0.2) is 11.8 Å². The molecular weight excluding hydrogens is 304 g/mol. The lowest BCUT2D eigenvalue weighted by atomic mass is 9.54. The van der Waals surface area contributed by atoms with Gasteiger partial charge in [0, 0.05) is 36.2 Å². The van der Waals surface area contributed by atoms with E-state index in [-0.39, 0.29) is 29.0 Å². The highest BCUT2D eigenvalue weighted by Gasteiger charge is 2.57. The molecular formula is C20H28O4. The average molecular weight is 332 g/mol. The number of aryl methyl sites for hydroxylation is 1. The van der Waals surface area contributed by atoms with E-state index in [2.05, 4.69) is 13.8 Å². The van der Waals surface area contributed by atoms with Crippen molar-refractivity contribution in [3.63, 3.8) is 0 Å². The third-order valence-corrected chi connectivity index (χ3v) is 6.17. The minimum atomic E-state index is -0.393. The van der Waals surface area contributed by atoms with E-state index >= 15 is 0 Å². The molecule has 1 aromatic heterocycles. The van der Waals surface area contributed by atoms with Crippen LogP contribution in [0.4, 0.5) is 0 Å². The highest BCUT2D eigenvalue weighted by molar-refractivity contribution is 5.84. The Hall–Kier alpha value is -1.58. The number of fused-ring (bicyclic) bond motifs is 2. The second-order valence-electron chi connectivity index (χ2n) is 8.25. The van der Waals surface area contributed by atoms with Gasteiger partial charge in [0.2, 0.25) is 0 Å². The van der Waals surface area contributed by atoms with Gasteiger partial charge in [-0.25, -0.2) is 0 Å². The Morgan fingerprint density at radius 2 is 2.17 bits per heavy atom. The Morgan fingerprint density at radius 3 is 2.83 bits per heavy atom. The lowest BCUT2D eigenvalue weighted by Crippen LogP contribution is -2.51. The summed E-state index contributed by atoms with van der Waals surface area (Å²) in [6, 6.07) is 0. The number of hydrogen-bond donors (Lipinski definition) is 0. The minimum absolute atomic E-state index is 0.129. The molecule has 4 unspecified atom stereocenters. The maximum Gasteiger partial charge on any atom is 0.306 e. The van der Waals surface area contributed by atoms with Gasteiger partial charge in [-0.15, -0.1) is 0 Å². The molecule has 2 aliphatic carbocycles. The van der Waals surface area contributed by atoms with Gasteiger partial charge in [-0.1, -0.05) is 27.7 Å². The zero-order chi connectivity index (χ0) is 17.6. The minimum Gasteiger partial charge on any atom is -0.469 e. The number of hydrogen-bond acceptors (Lipinski definition) is 4. The SMILES string of the molecule is Cc1coc2c1C(OC(=O)CC(C)C)C1(C)C(C)CCC(=O)C1C2. The zero-order valence-electron chi connectivity index (χ0n) is 15.3. The van der Waals surface area contributed by atoms with Gasteiger partial charge in [-0.3, -0.25) is 9.59 Å². The van der Waals surface area contributed by atoms with Crippen molar-refractivity contribution in [2.24, 2.45) is 23.2 Å². The molecule has 4 nitrogen and oxygen atoms in total. The zero-order valence-corrected chi connectivity index (χ0v) is 15.3. The van der Waals surface area contributed by atoms with Crippen LogP contribution in [0.25, 0.3) is 0 Å². The molecule has 0 aromatic carbocycles. The van der Waals surface area contributed by atoms with Crippen molar-refractivity contribution >= 4 is 11.8 Å². The molecule has 132 valence electrons. The first kappa shape index (κ1) is 17.2. The second kappa shape index (κ2) is 6.05. The number of rotatable bonds is 3. The summed E-state index contributed by atoms with van der Waals surface area (Å²) in [5, 5.41) is 0. The van der Waals surface area contributed by atoms with Gasteiger partial charge in [0.15, 0.2) is 0 Å². The number of ether oxygens (including phenoxy) is 1. The number of Topliss-reactive ketones (excluding diaryl/α,β-unsaturated/α-hetero) is 1. The summed E-state index contributed by atoms with van der Waals surface area (Å²) in [6.45, 7) is 10.3. The number of ketones is 1. The summed E-state index contributed by atoms with van der Waals surface area (Å²) in [5.41, 5.74) is 1.65. The molecule has 1 heterocycles. The van der Waals surface area contributed by atoms with Crippen molar-refractivity contribution in [3.8, 4) is 0 Å². The van der Waals surface area contributed by atoms with Crippen LogP contribution < -0.4 is 0 Å². The fourth-order valence-electron chi connectivity index (χ4n) is 4.52. The lowest BCUT2D eigenvalue weighted by Gasteiger charge is -2.51. The molecule has 0 N–H and O–H groups in total. The first-order valence-electron chi connectivity index (χ1n) is 9.04. The van der Waals surface area contributed by atoms with Crippen molar-refractivity contribution in [2.75, 3.05) is 0 Å². The van der Waals surface area contributed by atoms with E-state index in [1.807, 2.05) is 20.8 Å². The molecule has 0 radical (unpaired) electrons. The van der Waals surface area contributed by atoms with Crippen LogP contribution in [0.1, 0.15) is 69.9 Å². The molecule has 1 fully saturated rings. The third-order valence-electron chi connectivity index (χ3n) is 6.17. The average Bonchev–Trinajstić information content (AvgIpc) is 2.85. The molecule has 0 bridgehead atoms. The standard InChI is InChI=1S/C20H28O4/c1-11(2)8-17(22)24-19-18-12(3)10-23-16(18)9-14-15(21)7-6-13(4)20(14,19)5/h10-11,13-14,19H,6-9H2,1-5H3. The molecule has 0 aliphatic heterocycles. The Bertz CT molecular complexity index is 657. The van der Waals surface area contributed by atoms with E-state index in [0.717, 1.165) is 23.3 Å². The molecule has 0 spiro atoms. The van der Waals surface area contributed by atoms with Crippen LogP contribution in [0.5, 0.6) is 0 Å². The summed E-state index contributed by atoms with van der Waals surface area (Å²) >= 11 is 0. The Labute approximate surface area is 143 Å². The fourth-order valence-corrected chi connectivity index (χ4v) is 4.52. The molecule has 0 amide bonds. The van der Waals surface area contributed by atoms with Gasteiger partial charge in [0.25, 0.3) is 0 Å². The van der Waals surface area contributed by atoms with E-state index in [1.54, 1.807) is 6.26 Å². The van der Waals surface area contributed by atoms with E-state index in [1.165, 1.54) is 0 Å². The number of esters is 1. The first-order valence-corrected chi connectivity index (χ1v) is 9.04. The topological polar surface area (TPSA) is 56.5 Å². The van der Waals surface area contributed by atoms with Gasteiger partial charge in [0.1, 0.15) is 17.6 Å². The van der Waals surface area contributed by atoms with Crippen LogP contribution in [0, 0.1) is 30.1 Å². The summed E-state index contributed by atoms with van der Waals surface area (Å²) in [5.74, 6) is 1.35. The summed E-state index contributed by atoms with van der Waals surface area (Å²) < 4.78 is 11.7. The molecule has 4 heteroatoms. The van der Waals surface area contributed by atoms with Crippen molar-refractivity contribution in [3.05, 3.63) is 23.2 Å². The quantitative estimate of drug-likeness (QED) is 0.770. The molecule has 1 aromatic rings. The van der Waals surface area contributed by atoms with E-state index < -0.39 is 6.10 Å². The highest BCUT2D eigenvalue weighted by Crippen LogP contribution is 2.58. The lowest BCUT2D eigenvalue weighted by molar-refractivity contribution is -0.173. The van der Waals surface area contributed by atoms with E-state index in [4.69, 9.17) is 9.15 Å². The molecule has 24 heavy (non-hydrogen) atoms. The fraction of sp³-hybridized carbons (Fsp3) is 0.700. The van der Waals surface area contributed by atoms with Crippen LogP contribution in [0.3, 0.4) is 0 Å². The number of furan rings is 1. The molecule has 3 rings (SSSR count). The number of carbonyl (C=O) groups excluding carboxylic acids is 2. The normalized spacial score (nSPS) is 32.4. The van der Waals surface area contributed by atoms with Crippen molar-refractivity contribution < 1.29 is 18.7 Å².